The molecule has 1 aromatic carbocycles. The lowest BCUT2D eigenvalue weighted by Gasteiger charge is -2.37. The standard InChI is InChI=1S/C27H33FN4O2Si/c1-35(2,3)10-9-34-17-32-16-20(15-29)25-24(32)14-23(28)26(31-25)30-22-12-18-5-6-21(11-19(18)13-22)27(33)7-4-8-27/h5-6,11,14,16,22,33H,4,7-10,12-13,17H2,1-3H3,(H,30,31). The number of anilines is 1. The van der Waals surface area contributed by atoms with E-state index in [0.717, 1.165) is 43.7 Å². The molecular formula is C27H33FN4O2Si. The lowest BCUT2D eigenvalue weighted by Crippen LogP contribution is -2.33. The molecule has 1 fully saturated rings. The molecule has 35 heavy (non-hydrogen) atoms. The summed E-state index contributed by atoms with van der Waals surface area (Å²) in [6, 6.07) is 10.9. The number of benzene rings is 1. The van der Waals surface area contributed by atoms with Crippen molar-refractivity contribution in [2.75, 3.05) is 11.9 Å². The van der Waals surface area contributed by atoms with E-state index in [0.29, 0.717) is 23.2 Å². The van der Waals surface area contributed by atoms with Crippen LogP contribution in [-0.4, -0.2) is 35.4 Å². The van der Waals surface area contributed by atoms with Crippen LogP contribution < -0.4 is 5.32 Å². The Balaban J connectivity index is 1.31. The second kappa shape index (κ2) is 9.05. The van der Waals surface area contributed by atoms with Crippen LogP contribution >= 0.6 is 0 Å². The predicted molar refractivity (Wildman–Crippen MR) is 138 cm³/mol. The maximum absolute atomic E-state index is 15.1. The van der Waals surface area contributed by atoms with Gasteiger partial charge in [-0.05, 0) is 54.8 Å². The van der Waals surface area contributed by atoms with Gasteiger partial charge in [-0.2, -0.15) is 5.26 Å². The van der Waals surface area contributed by atoms with Crippen LogP contribution in [0.4, 0.5) is 10.2 Å². The quantitative estimate of drug-likeness (QED) is 0.329. The summed E-state index contributed by atoms with van der Waals surface area (Å²) >= 11 is 0. The first-order valence-corrected chi connectivity index (χ1v) is 16.1. The number of rotatable bonds is 8. The van der Waals surface area contributed by atoms with Gasteiger partial charge >= 0.3 is 0 Å². The van der Waals surface area contributed by atoms with Crippen molar-refractivity contribution in [3.05, 3.63) is 58.5 Å². The first-order valence-electron chi connectivity index (χ1n) is 12.4. The maximum Gasteiger partial charge on any atom is 0.167 e. The smallest absolute Gasteiger partial charge is 0.167 e. The summed E-state index contributed by atoms with van der Waals surface area (Å²) in [6.45, 7) is 7.80. The highest BCUT2D eigenvalue weighted by molar-refractivity contribution is 6.76. The van der Waals surface area contributed by atoms with E-state index in [1.165, 1.54) is 17.2 Å². The molecular weight excluding hydrogens is 459 g/mol. The Labute approximate surface area is 206 Å². The third-order valence-electron chi connectivity index (χ3n) is 7.35. The van der Waals surface area contributed by atoms with Crippen molar-refractivity contribution in [2.45, 2.75) is 76.2 Å². The first kappa shape index (κ1) is 24.0. The van der Waals surface area contributed by atoms with Crippen molar-refractivity contribution in [1.82, 2.24) is 9.55 Å². The molecule has 3 aromatic rings. The molecule has 1 unspecified atom stereocenters. The lowest BCUT2D eigenvalue weighted by atomic mass is 9.74. The molecule has 2 aliphatic carbocycles. The number of nitrogens with one attached hydrogen (secondary N) is 1. The molecule has 2 N–H and O–H groups in total. The van der Waals surface area contributed by atoms with Gasteiger partial charge in [-0.1, -0.05) is 37.8 Å². The molecule has 0 aliphatic heterocycles. The lowest BCUT2D eigenvalue weighted by molar-refractivity contribution is -0.0388. The summed E-state index contributed by atoms with van der Waals surface area (Å²) in [7, 11) is -1.20. The Kier molecular flexibility index (Phi) is 6.20. The number of nitriles is 1. The third kappa shape index (κ3) is 4.86. The van der Waals surface area contributed by atoms with Crippen molar-refractivity contribution < 1.29 is 14.2 Å². The second-order valence-corrected chi connectivity index (χ2v) is 16.9. The average molecular weight is 493 g/mol. The van der Waals surface area contributed by atoms with Crippen LogP contribution in [0, 0.1) is 17.1 Å². The zero-order valence-electron chi connectivity index (χ0n) is 20.7. The van der Waals surface area contributed by atoms with Crippen LogP contribution in [0.2, 0.25) is 25.7 Å². The van der Waals surface area contributed by atoms with Crippen LogP contribution in [0.3, 0.4) is 0 Å². The first-order chi connectivity index (χ1) is 16.6. The van der Waals surface area contributed by atoms with Gasteiger partial charge in [-0.3, -0.25) is 0 Å². The molecule has 2 aliphatic rings. The van der Waals surface area contributed by atoms with Gasteiger partial charge in [0.1, 0.15) is 18.3 Å². The van der Waals surface area contributed by atoms with Crippen molar-refractivity contribution in [3.8, 4) is 6.07 Å². The molecule has 0 saturated heterocycles. The fourth-order valence-corrected chi connectivity index (χ4v) is 5.77. The zero-order valence-corrected chi connectivity index (χ0v) is 21.7. The normalized spacial score (nSPS) is 18.8. The van der Waals surface area contributed by atoms with E-state index in [4.69, 9.17) is 4.74 Å². The average Bonchev–Trinajstić information content (AvgIpc) is 3.34. The Bertz CT molecular complexity index is 1300. The highest BCUT2D eigenvalue weighted by Gasteiger charge is 2.37. The van der Waals surface area contributed by atoms with Crippen LogP contribution in [0.25, 0.3) is 11.0 Å². The number of fused-ring (bicyclic) bond motifs is 2. The molecule has 0 radical (unpaired) electrons. The molecule has 0 spiro atoms. The Morgan fingerprint density at radius 1 is 1.26 bits per heavy atom. The number of hydrogen-bond donors (Lipinski definition) is 2. The fraction of sp³-hybridized carbons (Fsp3) is 0.481. The van der Waals surface area contributed by atoms with E-state index < -0.39 is 19.5 Å². The number of nitrogens with zero attached hydrogens (tertiary/aromatic N) is 3. The van der Waals surface area contributed by atoms with Gasteiger partial charge in [0.05, 0.1) is 16.7 Å². The Hall–Kier alpha value is -2.73. The molecule has 184 valence electrons. The number of aromatic nitrogens is 2. The Morgan fingerprint density at radius 2 is 2.03 bits per heavy atom. The van der Waals surface area contributed by atoms with Crippen molar-refractivity contribution in [2.24, 2.45) is 0 Å². The summed E-state index contributed by atoms with van der Waals surface area (Å²) in [4.78, 5) is 4.52. The van der Waals surface area contributed by atoms with Crippen LogP contribution in [-0.2, 0) is 29.9 Å². The predicted octanol–water partition coefficient (Wildman–Crippen LogP) is 5.31. The van der Waals surface area contributed by atoms with E-state index >= 15 is 4.39 Å². The molecule has 2 heterocycles. The summed E-state index contributed by atoms with van der Waals surface area (Å²) < 4.78 is 22.7. The van der Waals surface area contributed by atoms with Crippen molar-refractivity contribution in [3.63, 3.8) is 0 Å². The number of pyridine rings is 1. The molecule has 1 atom stereocenters. The minimum atomic E-state index is -1.20. The van der Waals surface area contributed by atoms with Gasteiger partial charge in [0.2, 0.25) is 0 Å². The zero-order chi connectivity index (χ0) is 24.8. The van der Waals surface area contributed by atoms with Gasteiger partial charge in [0.15, 0.2) is 11.6 Å². The van der Waals surface area contributed by atoms with Crippen molar-refractivity contribution >= 4 is 24.9 Å². The molecule has 1 saturated carbocycles. The molecule has 5 rings (SSSR count). The van der Waals surface area contributed by atoms with E-state index in [-0.39, 0.29) is 18.6 Å². The number of ether oxygens (including phenoxy) is 1. The van der Waals surface area contributed by atoms with Gasteiger partial charge in [-0.25, -0.2) is 9.37 Å². The molecule has 0 bridgehead atoms. The Morgan fingerprint density at radius 3 is 2.71 bits per heavy atom. The topological polar surface area (TPSA) is 83.1 Å². The van der Waals surface area contributed by atoms with Gasteiger partial charge in [-0.15, -0.1) is 0 Å². The van der Waals surface area contributed by atoms with Crippen LogP contribution in [0.1, 0.15) is 41.5 Å². The van der Waals surface area contributed by atoms with Crippen LogP contribution in [0.5, 0.6) is 0 Å². The van der Waals surface area contributed by atoms with E-state index in [9.17, 15) is 10.4 Å². The molecule has 6 nitrogen and oxygen atoms in total. The SMILES string of the molecule is C[Si](C)(C)CCOCn1cc(C#N)c2nc(NC3Cc4ccc(C5(O)CCC5)cc4C3)c(F)cc21. The number of halogens is 1. The largest absolute Gasteiger partial charge is 0.385 e. The summed E-state index contributed by atoms with van der Waals surface area (Å²) in [5.74, 6) is -0.272. The van der Waals surface area contributed by atoms with Crippen LogP contribution in [0.15, 0.2) is 30.5 Å². The summed E-state index contributed by atoms with van der Waals surface area (Å²) in [5, 5.41) is 23.6. The summed E-state index contributed by atoms with van der Waals surface area (Å²) in [5.41, 5.74) is 4.17. The second-order valence-electron chi connectivity index (χ2n) is 11.3. The van der Waals surface area contributed by atoms with Crippen molar-refractivity contribution in [1.29, 1.82) is 5.26 Å². The monoisotopic (exact) mass is 492 g/mol. The minimum Gasteiger partial charge on any atom is -0.385 e. The van der Waals surface area contributed by atoms with Gasteiger partial charge < -0.3 is 19.7 Å². The van der Waals surface area contributed by atoms with Gasteiger partial charge in [0.25, 0.3) is 0 Å². The van der Waals surface area contributed by atoms with E-state index in [1.807, 2.05) is 6.07 Å². The molecule has 0 amide bonds. The fourth-order valence-electron chi connectivity index (χ4n) is 5.02. The van der Waals surface area contributed by atoms with Gasteiger partial charge in [0, 0.05) is 33.0 Å². The highest BCUT2D eigenvalue weighted by Crippen LogP contribution is 2.42. The molecule has 8 heteroatoms. The highest BCUT2D eigenvalue weighted by atomic mass is 28.3. The van der Waals surface area contributed by atoms with E-state index in [1.54, 1.807) is 10.8 Å². The number of aliphatic hydroxyl groups is 1. The third-order valence-corrected chi connectivity index (χ3v) is 9.05. The molecule has 2 aromatic heterocycles. The van der Waals surface area contributed by atoms with E-state index in [2.05, 4.69) is 48.1 Å². The number of hydrogen-bond acceptors (Lipinski definition) is 5. The maximum atomic E-state index is 15.1. The summed E-state index contributed by atoms with van der Waals surface area (Å²) in [6.07, 6.45) is 5.88. The minimum absolute atomic E-state index is 0.00764.